The lowest BCUT2D eigenvalue weighted by molar-refractivity contribution is 0.398. The highest BCUT2D eigenvalue weighted by Crippen LogP contribution is 2.30. The molecule has 4 N–H and O–H groups in total. The molecule has 0 fully saturated rings. The molecule has 0 aromatic carbocycles. The largest absolute Gasteiger partial charge is 0.481 e. The predicted molar refractivity (Wildman–Crippen MR) is 105 cm³/mol. The zero-order valence-electron chi connectivity index (χ0n) is 15.6. The number of rotatable bonds is 9. The Morgan fingerprint density at radius 1 is 1.20 bits per heavy atom. The summed E-state index contributed by atoms with van der Waals surface area (Å²) in [6, 6.07) is 6.12. The second-order valence-corrected chi connectivity index (χ2v) is 6.21. The smallest absolute Gasteiger partial charge is 0.213 e. The van der Waals surface area contributed by atoms with Crippen LogP contribution in [-0.2, 0) is 0 Å². The van der Waals surface area contributed by atoms with Gasteiger partial charge in [0, 0.05) is 17.8 Å². The summed E-state index contributed by atoms with van der Waals surface area (Å²) in [5.41, 5.74) is 9.65. The Morgan fingerprint density at radius 3 is 2.48 bits per heavy atom. The van der Waals surface area contributed by atoms with Crippen LogP contribution >= 0.6 is 0 Å². The van der Waals surface area contributed by atoms with E-state index in [1.807, 2.05) is 19.1 Å². The third kappa shape index (κ3) is 5.24. The molecule has 0 atom stereocenters. The van der Waals surface area contributed by atoms with Crippen molar-refractivity contribution < 1.29 is 4.74 Å². The molecule has 2 heterocycles. The summed E-state index contributed by atoms with van der Waals surface area (Å²) in [4.78, 5) is 8.73. The highest BCUT2D eigenvalue weighted by Gasteiger charge is 2.13. The Kier molecular flexibility index (Phi) is 6.86. The van der Waals surface area contributed by atoms with Crippen LogP contribution in [0.5, 0.6) is 5.88 Å². The first-order valence-corrected chi connectivity index (χ1v) is 8.88. The Morgan fingerprint density at radius 2 is 1.92 bits per heavy atom. The summed E-state index contributed by atoms with van der Waals surface area (Å²) in [7, 11) is 1.59. The molecule has 0 unspecified atom stereocenters. The summed E-state index contributed by atoms with van der Waals surface area (Å²) < 4.78 is 5.08. The van der Waals surface area contributed by atoms with E-state index in [0.29, 0.717) is 23.4 Å². The number of hydrogen-bond acceptors (Lipinski definition) is 6. The average Bonchev–Trinajstić information content (AvgIpc) is 2.60. The molecule has 6 nitrogen and oxygen atoms in total. The molecule has 25 heavy (non-hydrogen) atoms. The average molecular weight is 343 g/mol. The molecule has 0 aliphatic rings. The van der Waals surface area contributed by atoms with Crippen molar-refractivity contribution in [1.82, 2.24) is 9.97 Å². The van der Waals surface area contributed by atoms with E-state index >= 15 is 0 Å². The molecule has 0 aliphatic heterocycles. The zero-order valence-corrected chi connectivity index (χ0v) is 15.6. The fraction of sp³-hybridized carbons (Fsp3) is 0.474. The molecule has 0 bridgehead atoms. The normalized spacial score (nSPS) is 10.8. The van der Waals surface area contributed by atoms with Crippen molar-refractivity contribution in [2.24, 2.45) is 0 Å². The van der Waals surface area contributed by atoms with Crippen LogP contribution in [0.4, 0.5) is 22.9 Å². The minimum Gasteiger partial charge on any atom is -0.481 e. The fourth-order valence-electron chi connectivity index (χ4n) is 2.81. The van der Waals surface area contributed by atoms with Gasteiger partial charge in [0.2, 0.25) is 5.88 Å². The van der Waals surface area contributed by atoms with Gasteiger partial charge in [-0.15, -0.1) is 0 Å². The number of aromatic nitrogens is 2. The first-order valence-electron chi connectivity index (χ1n) is 8.88. The lowest BCUT2D eigenvalue weighted by atomic mass is 10.1. The maximum Gasteiger partial charge on any atom is 0.213 e. The molecule has 136 valence electrons. The molecule has 0 amide bonds. The van der Waals surface area contributed by atoms with Gasteiger partial charge in [-0.25, -0.2) is 9.97 Å². The number of anilines is 4. The molecular weight excluding hydrogens is 314 g/mol. The Bertz CT molecular complexity index is 666. The molecule has 2 aromatic rings. The van der Waals surface area contributed by atoms with Crippen molar-refractivity contribution in [1.29, 1.82) is 0 Å². The zero-order chi connectivity index (χ0) is 18.2. The highest BCUT2D eigenvalue weighted by atomic mass is 16.5. The van der Waals surface area contributed by atoms with Crippen LogP contribution < -0.4 is 21.1 Å². The Hall–Kier alpha value is -2.50. The fourth-order valence-corrected chi connectivity index (χ4v) is 2.81. The number of nitrogen functional groups attached to an aromatic ring is 1. The van der Waals surface area contributed by atoms with Gasteiger partial charge in [-0.3, -0.25) is 0 Å². The van der Waals surface area contributed by atoms with Crippen molar-refractivity contribution in [3.05, 3.63) is 30.1 Å². The molecule has 0 spiro atoms. The van der Waals surface area contributed by atoms with E-state index in [4.69, 9.17) is 10.5 Å². The van der Waals surface area contributed by atoms with Gasteiger partial charge < -0.3 is 21.1 Å². The molecule has 2 rings (SSSR count). The molecule has 0 aliphatic carbocycles. The second kappa shape index (κ2) is 9.11. The van der Waals surface area contributed by atoms with Crippen LogP contribution in [-0.4, -0.2) is 23.1 Å². The molecular formula is C19H29N5O. The summed E-state index contributed by atoms with van der Waals surface area (Å²) in [5.74, 6) is 1.21. The summed E-state index contributed by atoms with van der Waals surface area (Å²) in [5, 5.41) is 6.84. The van der Waals surface area contributed by atoms with E-state index in [1.54, 1.807) is 19.4 Å². The monoisotopic (exact) mass is 343 g/mol. The summed E-state index contributed by atoms with van der Waals surface area (Å²) in [6.45, 7) is 6.38. The molecule has 0 saturated heterocycles. The van der Waals surface area contributed by atoms with Crippen LogP contribution in [0.1, 0.15) is 45.2 Å². The topological polar surface area (TPSA) is 85.1 Å². The quantitative estimate of drug-likeness (QED) is 0.621. The minimum absolute atomic E-state index is 0.426. The van der Waals surface area contributed by atoms with E-state index in [9.17, 15) is 0 Å². The second-order valence-electron chi connectivity index (χ2n) is 6.21. The third-order valence-corrected chi connectivity index (χ3v) is 4.03. The summed E-state index contributed by atoms with van der Waals surface area (Å²) >= 11 is 0. The van der Waals surface area contributed by atoms with Gasteiger partial charge in [-0.1, -0.05) is 26.7 Å². The predicted octanol–water partition coefficient (Wildman–Crippen LogP) is 4.50. The number of nitrogens with one attached hydrogen (secondary N) is 2. The van der Waals surface area contributed by atoms with Crippen molar-refractivity contribution in [2.75, 3.05) is 23.5 Å². The SMILES string of the molecule is CCCC(CCC)Nc1cc(C)nc(Nc2ccc(OC)nc2)c1N. The number of nitrogens with two attached hydrogens (primary N) is 1. The van der Waals surface area contributed by atoms with E-state index in [2.05, 4.69) is 34.4 Å². The van der Waals surface area contributed by atoms with Gasteiger partial charge in [-0.2, -0.15) is 0 Å². The molecule has 6 heteroatoms. The summed E-state index contributed by atoms with van der Waals surface area (Å²) in [6.07, 6.45) is 6.24. The molecule has 0 saturated carbocycles. The van der Waals surface area contributed by atoms with Crippen molar-refractivity contribution in [2.45, 2.75) is 52.5 Å². The van der Waals surface area contributed by atoms with Crippen molar-refractivity contribution >= 4 is 22.9 Å². The van der Waals surface area contributed by atoms with Crippen molar-refractivity contribution in [3.63, 3.8) is 0 Å². The van der Waals surface area contributed by atoms with Gasteiger partial charge in [-0.05, 0) is 31.9 Å². The van der Waals surface area contributed by atoms with E-state index in [1.165, 1.54) is 0 Å². The maximum absolute atomic E-state index is 6.36. The lowest BCUT2D eigenvalue weighted by Gasteiger charge is -2.21. The Balaban J connectivity index is 2.22. The van der Waals surface area contributed by atoms with Gasteiger partial charge in [0.05, 0.1) is 30.4 Å². The lowest BCUT2D eigenvalue weighted by Crippen LogP contribution is -2.20. The van der Waals surface area contributed by atoms with E-state index < -0.39 is 0 Å². The van der Waals surface area contributed by atoms with Crippen molar-refractivity contribution in [3.8, 4) is 5.88 Å². The highest BCUT2D eigenvalue weighted by molar-refractivity contribution is 5.80. The van der Waals surface area contributed by atoms with Gasteiger partial charge in [0.25, 0.3) is 0 Å². The van der Waals surface area contributed by atoms with Gasteiger partial charge in [0.1, 0.15) is 0 Å². The van der Waals surface area contributed by atoms with Crippen LogP contribution in [0.2, 0.25) is 0 Å². The first-order chi connectivity index (χ1) is 12.1. The van der Waals surface area contributed by atoms with Crippen LogP contribution in [0.3, 0.4) is 0 Å². The molecule has 2 aromatic heterocycles. The van der Waals surface area contributed by atoms with E-state index in [-0.39, 0.29) is 0 Å². The van der Waals surface area contributed by atoms with Crippen LogP contribution in [0.15, 0.2) is 24.4 Å². The number of hydrogen-bond donors (Lipinski definition) is 3. The standard InChI is InChI=1S/C19H29N5O/c1-5-7-14(8-6-2)23-16-11-13(3)22-19(18(16)20)24-15-9-10-17(25-4)21-12-15/h9-12,14H,5-8,20H2,1-4H3,(H2,22,23,24). The number of nitrogens with zero attached hydrogens (tertiary/aromatic N) is 2. The number of pyridine rings is 2. The van der Waals surface area contributed by atoms with Gasteiger partial charge >= 0.3 is 0 Å². The first kappa shape index (κ1) is 18.8. The number of ether oxygens (including phenoxy) is 1. The van der Waals surface area contributed by atoms with E-state index in [0.717, 1.165) is 42.8 Å². The van der Waals surface area contributed by atoms with Gasteiger partial charge in [0.15, 0.2) is 5.82 Å². The number of methoxy groups -OCH3 is 1. The van der Waals surface area contributed by atoms with Crippen LogP contribution in [0, 0.1) is 6.92 Å². The molecule has 0 radical (unpaired) electrons. The maximum atomic E-state index is 6.36. The minimum atomic E-state index is 0.426. The van der Waals surface area contributed by atoms with Crippen LogP contribution in [0.25, 0.3) is 0 Å². The number of aryl methyl sites for hydroxylation is 1. The Labute approximate surface area is 150 Å². The third-order valence-electron chi connectivity index (χ3n) is 4.03.